The summed E-state index contributed by atoms with van der Waals surface area (Å²) >= 11 is 0. The van der Waals surface area contributed by atoms with E-state index in [0.29, 0.717) is 17.4 Å². The predicted molar refractivity (Wildman–Crippen MR) is 54.4 cm³/mol. The van der Waals surface area contributed by atoms with Crippen LogP contribution in [0.25, 0.3) is 0 Å². The highest BCUT2D eigenvalue weighted by atomic mass is 16.2. The predicted octanol–water partition coefficient (Wildman–Crippen LogP) is 2.75. The second-order valence-electron chi connectivity index (χ2n) is 5.36. The summed E-state index contributed by atoms with van der Waals surface area (Å²) in [4.78, 5) is 0. The molecule has 0 spiro atoms. The van der Waals surface area contributed by atoms with Crippen molar-refractivity contribution in [2.24, 2.45) is 16.7 Å². The summed E-state index contributed by atoms with van der Waals surface area (Å²) in [5, 5.41) is 9.00. The highest BCUT2D eigenvalue weighted by Gasteiger charge is 2.56. The van der Waals surface area contributed by atoms with Crippen LogP contribution in [0.3, 0.4) is 0 Å². The summed E-state index contributed by atoms with van der Waals surface area (Å²) in [5.41, 5.74) is 2.31. The van der Waals surface area contributed by atoms with E-state index in [2.05, 4.69) is 26.8 Å². The zero-order valence-electron chi connectivity index (χ0n) is 8.93. The molecule has 0 unspecified atom stereocenters. The van der Waals surface area contributed by atoms with Crippen molar-refractivity contribution in [3.63, 3.8) is 0 Å². The lowest BCUT2D eigenvalue weighted by Crippen LogP contribution is -2.30. The molecular formula is C12H20O. The van der Waals surface area contributed by atoms with Crippen molar-refractivity contribution in [3.8, 4) is 0 Å². The summed E-state index contributed by atoms with van der Waals surface area (Å²) in [6.07, 6.45) is 5.98. The molecule has 1 saturated carbocycles. The zero-order chi connectivity index (χ0) is 9.69. The summed E-state index contributed by atoms with van der Waals surface area (Å²) < 4.78 is 0. The molecule has 1 heteroatoms. The molecule has 1 fully saturated rings. The highest BCUT2D eigenvalue weighted by molar-refractivity contribution is 5.31. The van der Waals surface area contributed by atoms with Gasteiger partial charge in [-0.15, -0.1) is 0 Å². The molecule has 0 aliphatic heterocycles. The first kappa shape index (κ1) is 9.26. The van der Waals surface area contributed by atoms with E-state index in [-0.39, 0.29) is 0 Å². The molecule has 2 atom stereocenters. The normalized spacial score (nSPS) is 40.9. The van der Waals surface area contributed by atoms with Gasteiger partial charge in [0, 0.05) is 6.61 Å². The quantitative estimate of drug-likeness (QED) is 0.648. The largest absolute Gasteiger partial charge is 0.396 e. The molecule has 0 aromatic rings. The Hall–Kier alpha value is -0.300. The fraction of sp³-hybridized carbons (Fsp3) is 0.833. The second-order valence-corrected chi connectivity index (χ2v) is 5.36. The van der Waals surface area contributed by atoms with Gasteiger partial charge in [0.15, 0.2) is 0 Å². The van der Waals surface area contributed by atoms with Gasteiger partial charge in [0.25, 0.3) is 0 Å². The molecule has 0 aromatic carbocycles. The summed E-state index contributed by atoms with van der Waals surface area (Å²) in [5.74, 6) is 0.763. The van der Waals surface area contributed by atoms with Crippen LogP contribution in [-0.4, -0.2) is 11.7 Å². The number of rotatable bonds is 2. The minimum absolute atomic E-state index is 0.310. The maximum Gasteiger partial charge on any atom is 0.0468 e. The first-order valence-electron chi connectivity index (χ1n) is 5.34. The van der Waals surface area contributed by atoms with E-state index in [4.69, 9.17) is 5.11 Å². The smallest absolute Gasteiger partial charge is 0.0468 e. The third-order valence-corrected chi connectivity index (χ3v) is 4.80. The van der Waals surface area contributed by atoms with E-state index in [1.165, 1.54) is 18.4 Å². The molecule has 0 saturated heterocycles. The Kier molecular flexibility index (Phi) is 1.85. The molecule has 2 aliphatic rings. The first-order chi connectivity index (χ1) is 6.02. The van der Waals surface area contributed by atoms with Gasteiger partial charge in [0.1, 0.15) is 0 Å². The number of hydrogen-bond acceptors (Lipinski definition) is 1. The van der Waals surface area contributed by atoms with Crippen molar-refractivity contribution in [1.82, 2.24) is 0 Å². The molecule has 0 aromatic heterocycles. The van der Waals surface area contributed by atoms with Gasteiger partial charge >= 0.3 is 0 Å². The Morgan fingerprint density at radius 1 is 1.46 bits per heavy atom. The van der Waals surface area contributed by atoms with Crippen LogP contribution in [0, 0.1) is 16.7 Å². The summed E-state index contributed by atoms with van der Waals surface area (Å²) in [7, 11) is 0. The number of aliphatic hydroxyl groups is 1. The third-order valence-electron chi connectivity index (χ3n) is 4.80. The summed E-state index contributed by atoms with van der Waals surface area (Å²) in [6, 6.07) is 0. The monoisotopic (exact) mass is 180 g/mol. The Morgan fingerprint density at radius 3 is 2.54 bits per heavy atom. The molecule has 2 bridgehead atoms. The van der Waals surface area contributed by atoms with E-state index in [0.717, 1.165) is 12.3 Å². The van der Waals surface area contributed by atoms with Crippen LogP contribution in [-0.2, 0) is 0 Å². The molecule has 13 heavy (non-hydrogen) atoms. The van der Waals surface area contributed by atoms with Crippen molar-refractivity contribution in [1.29, 1.82) is 0 Å². The maximum absolute atomic E-state index is 9.00. The topological polar surface area (TPSA) is 20.2 Å². The summed E-state index contributed by atoms with van der Waals surface area (Å²) in [6.45, 7) is 7.45. The molecular weight excluding hydrogens is 160 g/mol. The van der Waals surface area contributed by atoms with Gasteiger partial charge in [-0.25, -0.2) is 0 Å². The van der Waals surface area contributed by atoms with Crippen LogP contribution >= 0.6 is 0 Å². The van der Waals surface area contributed by atoms with Crippen LogP contribution in [0.1, 0.15) is 40.0 Å². The highest BCUT2D eigenvalue weighted by Crippen LogP contribution is 2.65. The molecule has 2 aliphatic carbocycles. The van der Waals surface area contributed by atoms with Crippen molar-refractivity contribution < 1.29 is 5.11 Å². The molecule has 1 nitrogen and oxygen atoms in total. The van der Waals surface area contributed by atoms with Gasteiger partial charge in [-0.2, -0.15) is 0 Å². The minimum atomic E-state index is 0.310. The van der Waals surface area contributed by atoms with Gasteiger partial charge in [-0.3, -0.25) is 0 Å². The molecule has 0 amide bonds. The van der Waals surface area contributed by atoms with E-state index in [1.807, 2.05) is 0 Å². The lowest BCUT2D eigenvalue weighted by atomic mass is 9.67. The Labute approximate surface area is 80.8 Å². The molecule has 74 valence electrons. The Balaban J connectivity index is 2.32. The minimum Gasteiger partial charge on any atom is -0.396 e. The number of allylic oxidation sites excluding steroid dienone is 1. The van der Waals surface area contributed by atoms with Crippen LogP contribution < -0.4 is 0 Å². The number of aliphatic hydroxyl groups excluding tert-OH is 1. The van der Waals surface area contributed by atoms with E-state index < -0.39 is 0 Å². The molecule has 2 rings (SSSR count). The molecule has 1 N–H and O–H groups in total. The van der Waals surface area contributed by atoms with E-state index in [9.17, 15) is 0 Å². The van der Waals surface area contributed by atoms with Crippen LogP contribution in [0.5, 0.6) is 0 Å². The van der Waals surface area contributed by atoms with Crippen molar-refractivity contribution in [3.05, 3.63) is 11.6 Å². The number of hydrogen-bond donors (Lipinski definition) is 1. The van der Waals surface area contributed by atoms with Crippen molar-refractivity contribution >= 4 is 0 Å². The third kappa shape index (κ3) is 0.969. The van der Waals surface area contributed by atoms with Gasteiger partial charge in [-0.05, 0) is 36.0 Å². The van der Waals surface area contributed by atoms with Gasteiger partial charge < -0.3 is 5.11 Å². The first-order valence-corrected chi connectivity index (χ1v) is 5.34. The fourth-order valence-electron chi connectivity index (χ4n) is 3.31. The lowest BCUT2D eigenvalue weighted by molar-refractivity contribution is 0.162. The SMILES string of the molecule is CC1(C)[C@H]2C=C(CCO)[C@]1(C)CC2. The number of fused-ring (bicyclic) bond motifs is 2. The Bertz CT molecular complexity index is 252. The average Bonchev–Trinajstić information content (AvgIpc) is 2.37. The average molecular weight is 180 g/mol. The maximum atomic E-state index is 9.00. The lowest BCUT2D eigenvalue weighted by Gasteiger charge is -2.37. The second kappa shape index (κ2) is 2.60. The standard InChI is InChI=1S/C12H20O/c1-11(2)9-4-6-12(11,3)10(8-9)5-7-13/h8-9,13H,4-7H2,1-3H3/t9-,12+/m1/s1. The Morgan fingerprint density at radius 2 is 2.15 bits per heavy atom. The molecule has 0 heterocycles. The van der Waals surface area contributed by atoms with Crippen LogP contribution in [0.4, 0.5) is 0 Å². The van der Waals surface area contributed by atoms with Gasteiger partial charge in [-0.1, -0.05) is 32.4 Å². The van der Waals surface area contributed by atoms with Crippen molar-refractivity contribution in [2.45, 2.75) is 40.0 Å². The van der Waals surface area contributed by atoms with E-state index >= 15 is 0 Å². The van der Waals surface area contributed by atoms with E-state index in [1.54, 1.807) is 0 Å². The fourth-order valence-corrected chi connectivity index (χ4v) is 3.31. The van der Waals surface area contributed by atoms with Crippen LogP contribution in [0.15, 0.2) is 11.6 Å². The zero-order valence-corrected chi connectivity index (χ0v) is 8.93. The van der Waals surface area contributed by atoms with Gasteiger partial charge in [0.2, 0.25) is 0 Å². The van der Waals surface area contributed by atoms with Crippen molar-refractivity contribution in [2.75, 3.05) is 6.61 Å². The van der Waals surface area contributed by atoms with Gasteiger partial charge in [0.05, 0.1) is 0 Å². The van der Waals surface area contributed by atoms with Crippen LogP contribution in [0.2, 0.25) is 0 Å². The molecule has 0 radical (unpaired) electrons.